The molecule has 0 fully saturated rings. The van der Waals surface area contributed by atoms with Gasteiger partial charge < -0.3 is 9.84 Å². The normalized spacial score (nSPS) is 12.5. The Labute approximate surface area is 91.1 Å². The van der Waals surface area contributed by atoms with Crippen LogP contribution in [0.2, 0.25) is 0 Å². The molecular formula is C12H19NO2. The maximum Gasteiger partial charge on any atom is 0.123 e. The molecule has 1 N–H and O–H groups in total. The number of rotatable bonds is 6. The fourth-order valence-corrected chi connectivity index (χ4v) is 1.40. The van der Waals surface area contributed by atoms with Crippen LogP contribution in [0.25, 0.3) is 0 Å². The highest BCUT2D eigenvalue weighted by atomic mass is 16.5. The van der Waals surface area contributed by atoms with Gasteiger partial charge in [-0.05, 0) is 19.4 Å². The SMILES string of the molecule is CCCCC(C)Oc1ccnc(CO)c1. The Morgan fingerprint density at radius 3 is 3.00 bits per heavy atom. The van der Waals surface area contributed by atoms with Gasteiger partial charge in [-0.1, -0.05) is 19.8 Å². The van der Waals surface area contributed by atoms with Gasteiger partial charge in [-0.3, -0.25) is 4.98 Å². The molecule has 0 radical (unpaired) electrons. The summed E-state index contributed by atoms with van der Waals surface area (Å²) in [5.41, 5.74) is 0.648. The van der Waals surface area contributed by atoms with Crippen molar-refractivity contribution in [3.05, 3.63) is 24.0 Å². The third kappa shape index (κ3) is 4.30. The molecule has 3 heteroatoms. The molecule has 1 atom stereocenters. The Morgan fingerprint density at radius 1 is 1.53 bits per heavy atom. The molecular weight excluding hydrogens is 190 g/mol. The Morgan fingerprint density at radius 2 is 2.33 bits per heavy atom. The molecule has 1 rings (SSSR count). The van der Waals surface area contributed by atoms with Gasteiger partial charge in [-0.2, -0.15) is 0 Å². The number of nitrogens with zero attached hydrogens (tertiary/aromatic N) is 1. The average molecular weight is 209 g/mol. The second-order valence-corrected chi connectivity index (χ2v) is 3.71. The van der Waals surface area contributed by atoms with Crippen LogP contribution in [0.4, 0.5) is 0 Å². The first-order chi connectivity index (χ1) is 7.26. The predicted molar refractivity (Wildman–Crippen MR) is 59.8 cm³/mol. The standard InChI is InChI=1S/C12H19NO2/c1-3-4-5-10(2)15-12-6-7-13-11(8-12)9-14/h6-8,10,14H,3-5,9H2,1-2H3. The molecule has 0 saturated heterocycles. The molecule has 0 aliphatic heterocycles. The minimum Gasteiger partial charge on any atom is -0.491 e. The quantitative estimate of drug-likeness (QED) is 0.782. The van der Waals surface area contributed by atoms with Crippen LogP contribution in [0.15, 0.2) is 18.3 Å². The fourth-order valence-electron chi connectivity index (χ4n) is 1.40. The minimum absolute atomic E-state index is 0.0411. The number of unbranched alkanes of at least 4 members (excludes halogenated alkanes) is 1. The van der Waals surface area contributed by atoms with Crippen molar-refractivity contribution in [3.63, 3.8) is 0 Å². The summed E-state index contributed by atoms with van der Waals surface area (Å²) >= 11 is 0. The molecule has 0 aromatic carbocycles. The van der Waals surface area contributed by atoms with Crippen LogP contribution in [0, 0.1) is 0 Å². The first kappa shape index (κ1) is 12.0. The smallest absolute Gasteiger partial charge is 0.123 e. The van der Waals surface area contributed by atoms with Crippen molar-refractivity contribution in [2.24, 2.45) is 0 Å². The second kappa shape index (κ2) is 6.40. The number of hydrogen-bond donors (Lipinski definition) is 1. The van der Waals surface area contributed by atoms with Crippen LogP contribution in [0.1, 0.15) is 38.8 Å². The summed E-state index contributed by atoms with van der Waals surface area (Å²) in [7, 11) is 0. The number of ether oxygens (including phenoxy) is 1. The minimum atomic E-state index is -0.0411. The fraction of sp³-hybridized carbons (Fsp3) is 0.583. The molecule has 3 nitrogen and oxygen atoms in total. The third-order valence-electron chi connectivity index (χ3n) is 2.25. The van der Waals surface area contributed by atoms with Gasteiger partial charge in [0.2, 0.25) is 0 Å². The molecule has 0 aliphatic carbocycles. The molecule has 1 unspecified atom stereocenters. The zero-order valence-corrected chi connectivity index (χ0v) is 9.44. The number of aliphatic hydroxyl groups excluding tert-OH is 1. The lowest BCUT2D eigenvalue weighted by molar-refractivity contribution is 0.206. The first-order valence-electron chi connectivity index (χ1n) is 5.48. The van der Waals surface area contributed by atoms with E-state index in [0.29, 0.717) is 5.69 Å². The van der Waals surface area contributed by atoms with Gasteiger partial charge in [-0.25, -0.2) is 0 Å². The summed E-state index contributed by atoms with van der Waals surface area (Å²) in [6, 6.07) is 3.60. The Kier molecular flexibility index (Phi) is 5.12. The molecule has 1 aromatic rings. The van der Waals surface area contributed by atoms with E-state index in [4.69, 9.17) is 9.84 Å². The van der Waals surface area contributed by atoms with Crippen molar-refractivity contribution >= 4 is 0 Å². The lowest BCUT2D eigenvalue weighted by Gasteiger charge is -2.14. The summed E-state index contributed by atoms with van der Waals surface area (Å²) < 4.78 is 5.71. The largest absolute Gasteiger partial charge is 0.491 e. The van der Waals surface area contributed by atoms with E-state index >= 15 is 0 Å². The van der Waals surface area contributed by atoms with Gasteiger partial charge in [0.15, 0.2) is 0 Å². The van der Waals surface area contributed by atoms with Gasteiger partial charge in [-0.15, -0.1) is 0 Å². The Bertz CT molecular complexity index is 289. The first-order valence-corrected chi connectivity index (χ1v) is 5.48. The Hall–Kier alpha value is -1.09. The number of hydrogen-bond acceptors (Lipinski definition) is 3. The van der Waals surface area contributed by atoms with Gasteiger partial charge in [0.1, 0.15) is 5.75 Å². The van der Waals surface area contributed by atoms with Crippen molar-refractivity contribution in [1.29, 1.82) is 0 Å². The summed E-state index contributed by atoms with van der Waals surface area (Å²) in [4.78, 5) is 4.00. The second-order valence-electron chi connectivity index (χ2n) is 3.71. The van der Waals surface area contributed by atoms with Crippen LogP contribution < -0.4 is 4.74 Å². The van der Waals surface area contributed by atoms with E-state index < -0.39 is 0 Å². The topological polar surface area (TPSA) is 42.4 Å². The van der Waals surface area contributed by atoms with E-state index in [2.05, 4.69) is 18.8 Å². The molecule has 15 heavy (non-hydrogen) atoms. The maximum absolute atomic E-state index is 8.92. The van der Waals surface area contributed by atoms with E-state index in [-0.39, 0.29) is 12.7 Å². The van der Waals surface area contributed by atoms with Crippen LogP contribution >= 0.6 is 0 Å². The van der Waals surface area contributed by atoms with Gasteiger partial charge in [0.05, 0.1) is 18.4 Å². The molecule has 0 bridgehead atoms. The lowest BCUT2D eigenvalue weighted by atomic mass is 10.2. The highest BCUT2D eigenvalue weighted by Gasteiger charge is 2.04. The van der Waals surface area contributed by atoms with Gasteiger partial charge in [0.25, 0.3) is 0 Å². The third-order valence-corrected chi connectivity index (χ3v) is 2.25. The number of aromatic nitrogens is 1. The number of aliphatic hydroxyl groups is 1. The van der Waals surface area contributed by atoms with Crippen molar-refractivity contribution in [1.82, 2.24) is 4.98 Å². The molecule has 0 saturated carbocycles. The lowest BCUT2D eigenvalue weighted by Crippen LogP contribution is -2.11. The molecule has 1 aromatic heterocycles. The van der Waals surface area contributed by atoms with Crippen LogP contribution in [0.5, 0.6) is 5.75 Å². The van der Waals surface area contributed by atoms with Crippen LogP contribution in [-0.4, -0.2) is 16.2 Å². The molecule has 0 spiro atoms. The van der Waals surface area contributed by atoms with E-state index in [1.807, 2.05) is 6.07 Å². The van der Waals surface area contributed by atoms with E-state index in [9.17, 15) is 0 Å². The maximum atomic E-state index is 8.92. The summed E-state index contributed by atoms with van der Waals surface area (Å²) in [6.07, 6.45) is 5.31. The van der Waals surface area contributed by atoms with Gasteiger partial charge in [0, 0.05) is 12.3 Å². The highest BCUT2D eigenvalue weighted by molar-refractivity contribution is 5.22. The molecule has 84 valence electrons. The Balaban J connectivity index is 2.48. The van der Waals surface area contributed by atoms with Gasteiger partial charge >= 0.3 is 0 Å². The monoisotopic (exact) mass is 209 g/mol. The zero-order chi connectivity index (χ0) is 11.1. The number of pyridine rings is 1. The predicted octanol–water partition coefficient (Wildman–Crippen LogP) is 2.53. The highest BCUT2D eigenvalue weighted by Crippen LogP contribution is 2.15. The van der Waals surface area contributed by atoms with Crippen LogP contribution in [-0.2, 0) is 6.61 Å². The summed E-state index contributed by atoms with van der Waals surface area (Å²) in [5, 5.41) is 8.92. The van der Waals surface area contributed by atoms with Crippen LogP contribution in [0.3, 0.4) is 0 Å². The van der Waals surface area contributed by atoms with Crippen molar-refractivity contribution < 1.29 is 9.84 Å². The summed E-state index contributed by atoms with van der Waals surface area (Å²) in [5.74, 6) is 0.789. The van der Waals surface area contributed by atoms with E-state index in [1.165, 1.54) is 12.8 Å². The molecule has 0 amide bonds. The van der Waals surface area contributed by atoms with Crippen molar-refractivity contribution in [2.75, 3.05) is 0 Å². The van der Waals surface area contributed by atoms with Crippen molar-refractivity contribution in [2.45, 2.75) is 45.8 Å². The molecule has 1 heterocycles. The summed E-state index contributed by atoms with van der Waals surface area (Å²) in [6.45, 7) is 4.19. The van der Waals surface area contributed by atoms with Crippen molar-refractivity contribution in [3.8, 4) is 5.75 Å². The zero-order valence-electron chi connectivity index (χ0n) is 9.44. The average Bonchev–Trinajstić information content (AvgIpc) is 2.26. The van der Waals surface area contributed by atoms with E-state index in [0.717, 1.165) is 12.2 Å². The molecule has 0 aliphatic rings. The van der Waals surface area contributed by atoms with E-state index in [1.54, 1.807) is 12.3 Å².